The maximum absolute atomic E-state index is 12.4. The molecule has 0 heterocycles. The molecule has 0 aromatic heterocycles. The lowest BCUT2D eigenvalue weighted by Crippen LogP contribution is -2.14. The number of benzene rings is 2. The highest BCUT2D eigenvalue weighted by molar-refractivity contribution is 9.09. The van der Waals surface area contributed by atoms with Gasteiger partial charge in [0.05, 0.1) is 10.7 Å². The summed E-state index contributed by atoms with van der Waals surface area (Å²) >= 11 is 9.40. The third-order valence-electron chi connectivity index (χ3n) is 2.76. The summed E-state index contributed by atoms with van der Waals surface area (Å²) in [6.07, 6.45) is 0. The summed E-state index contributed by atoms with van der Waals surface area (Å²) in [4.78, 5) is 0.103. The maximum Gasteiger partial charge on any atom is 0.263 e. The average molecular weight is 375 g/mol. The molecule has 2 rings (SSSR count). The Morgan fingerprint density at radius 1 is 1.10 bits per heavy atom. The number of anilines is 1. The molecule has 0 radical (unpaired) electrons. The fourth-order valence-corrected chi connectivity index (χ4v) is 3.81. The van der Waals surface area contributed by atoms with Crippen LogP contribution in [0.2, 0.25) is 5.02 Å². The Morgan fingerprint density at radius 2 is 1.70 bits per heavy atom. The molecule has 0 spiro atoms. The van der Waals surface area contributed by atoms with Gasteiger partial charge in [0.2, 0.25) is 0 Å². The number of halogens is 2. The predicted octanol–water partition coefficient (Wildman–Crippen LogP) is 4.60. The lowest BCUT2D eigenvalue weighted by Gasteiger charge is -2.14. The SMILES string of the molecule is CC(Br)c1ccccc1NS(=O)(=O)c1ccccc1Cl. The van der Waals surface area contributed by atoms with E-state index < -0.39 is 10.0 Å². The molecule has 0 bridgehead atoms. The molecule has 0 saturated carbocycles. The molecule has 2 aromatic carbocycles. The lowest BCUT2D eigenvalue weighted by molar-refractivity contribution is 0.601. The standard InChI is InChI=1S/C14H13BrClNO2S/c1-10(15)11-6-2-4-8-13(11)17-20(18,19)14-9-5-3-7-12(14)16/h2-10,17H,1H3. The van der Waals surface area contributed by atoms with Gasteiger partial charge in [-0.05, 0) is 30.7 Å². The third-order valence-corrected chi connectivity index (χ3v) is 5.12. The molecule has 1 atom stereocenters. The van der Waals surface area contributed by atoms with Crippen LogP contribution in [0.15, 0.2) is 53.4 Å². The van der Waals surface area contributed by atoms with Crippen molar-refractivity contribution in [1.82, 2.24) is 0 Å². The van der Waals surface area contributed by atoms with Crippen LogP contribution in [-0.2, 0) is 10.0 Å². The second-order valence-corrected chi connectivity index (χ2v) is 7.67. The van der Waals surface area contributed by atoms with Crippen molar-refractivity contribution in [3.63, 3.8) is 0 Å². The molecule has 0 aliphatic carbocycles. The van der Waals surface area contributed by atoms with E-state index in [1.165, 1.54) is 6.07 Å². The van der Waals surface area contributed by atoms with Crippen LogP contribution >= 0.6 is 27.5 Å². The molecule has 106 valence electrons. The first kappa shape index (κ1) is 15.4. The minimum Gasteiger partial charge on any atom is -0.279 e. The van der Waals surface area contributed by atoms with Gasteiger partial charge in [-0.25, -0.2) is 8.42 Å². The first-order valence-electron chi connectivity index (χ1n) is 5.92. The van der Waals surface area contributed by atoms with Crippen LogP contribution in [0, 0.1) is 0 Å². The number of rotatable bonds is 4. The van der Waals surface area contributed by atoms with E-state index in [0.717, 1.165) is 5.56 Å². The van der Waals surface area contributed by atoms with Gasteiger partial charge in [-0.2, -0.15) is 0 Å². The smallest absolute Gasteiger partial charge is 0.263 e. The van der Waals surface area contributed by atoms with Crippen molar-refractivity contribution < 1.29 is 8.42 Å². The highest BCUT2D eigenvalue weighted by Crippen LogP contribution is 2.31. The molecule has 3 nitrogen and oxygen atoms in total. The zero-order chi connectivity index (χ0) is 14.8. The van der Waals surface area contributed by atoms with Gasteiger partial charge in [-0.1, -0.05) is 57.9 Å². The number of para-hydroxylation sites is 1. The summed E-state index contributed by atoms with van der Waals surface area (Å²) in [6, 6.07) is 13.6. The van der Waals surface area contributed by atoms with Crippen molar-refractivity contribution in [3.8, 4) is 0 Å². The molecule has 20 heavy (non-hydrogen) atoms. The zero-order valence-corrected chi connectivity index (χ0v) is 13.8. The van der Waals surface area contributed by atoms with E-state index in [0.29, 0.717) is 5.69 Å². The summed E-state index contributed by atoms with van der Waals surface area (Å²) in [5, 5.41) is 0.198. The molecular formula is C14H13BrClNO2S. The number of alkyl halides is 1. The molecule has 1 N–H and O–H groups in total. The number of hydrogen-bond donors (Lipinski definition) is 1. The maximum atomic E-state index is 12.4. The summed E-state index contributed by atoms with van der Waals surface area (Å²) < 4.78 is 27.4. The molecule has 0 aliphatic heterocycles. The monoisotopic (exact) mass is 373 g/mol. The summed E-state index contributed by atoms with van der Waals surface area (Å²) in [5.74, 6) is 0. The van der Waals surface area contributed by atoms with Crippen LogP contribution in [0.1, 0.15) is 17.3 Å². The second-order valence-electron chi connectivity index (χ2n) is 4.24. The van der Waals surface area contributed by atoms with E-state index in [1.54, 1.807) is 30.3 Å². The van der Waals surface area contributed by atoms with E-state index in [1.807, 2.05) is 19.1 Å². The molecule has 0 fully saturated rings. The van der Waals surface area contributed by atoms with Gasteiger partial charge in [0, 0.05) is 4.83 Å². The first-order chi connectivity index (χ1) is 9.42. The lowest BCUT2D eigenvalue weighted by atomic mass is 10.1. The van der Waals surface area contributed by atoms with Crippen LogP contribution in [0.5, 0.6) is 0 Å². The van der Waals surface area contributed by atoms with Gasteiger partial charge in [0.25, 0.3) is 10.0 Å². The minimum absolute atomic E-state index is 0.0349. The molecule has 0 saturated heterocycles. The Balaban J connectivity index is 2.42. The Morgan fingerprint density at radius 3 is 2.35 bits per heavy atom. The van der Waals surface area contributed by atoms with Gasteiger partial charge in [0.15, 0.2) is 0 Å². The van der Waals surface area contributed by atoms with Crippen molar-refractivity contribution in [3.05, 3.63) is 59.1 Å². The molecular weight excluding hydrogens is 362 g/mol. The quantitative estimate of drug-likeness (QED) is 0.795. The molecule has 2 aromatic rings. The van der Waals surface area contributed by atoms with E-state index >= 15 is 0 Å². The highest BCUT2D eigenvalue weighted by Gasteiger charge is 2.19. The van der Waals surface area contributed by atoms with E-state index in [9.17, 15) is 8.42 Å². The summed E-state index contributed by atoms with van der Waals surface area (Å²) in [6.45, 7) is 1.93. The number of hydrogen-bond acceptors (Lipinski definition) is 2. The van der Waals surface area contributed by atoms with Gasteiger partial charge < -0.3 is 0 Å². The van der Waals surface area contributed by atoms with Crippen LogP contribution in [0.25, 0.3) is 0 Å². The highest BCUT2D eigenvalue weighted by atomic mass is 79.9. The predicted molar refractivity (Wildman–Crippen MR) is 86.0 cm³/mol. The Kier molecular flexibility index (Phi) is 4.73. The normalized spacial score (nSPS) is 12.9. The van der Waals surface area contributed by atoms with Crippen LogP contribution < -0.4 is 4.72 Å². The summed E-state index contributed by atoms with van der Waals surface area (Å²) in [5.41, 5.74) is 1.40. The number of sulfonamides is 1. The van der Waals surface area contributed by atoms with Crippen LogP contribution in [0.4, 0.5) is 5.69 Å². The molecule has 0 aliphatic rings. The molecule has 6 heteroatoms. The number of nitrogens with one attached hydrogen (secondary N) is 1. The van der Waals surface area contributed by atoms with Crippen LogP contribution in [0.3, 0.4) is 0 Å². The third kappa shape index (κ3) is 3.34. The fourth-order valence-electron chi connectivity index (χ4n) is 1.80. The Bertz CT molecular complexity index is 717. The molecule has 1 unspecified atom stereocenters. The fraction of sp³-hybridized carbons (Fsp3) is 0.143. The Hall–Kier alpha value is -1.04. The van der Waals surface area contributed by atoms with Crippen molar-refractivity contribution in [1.29, 1.82) is 0 Å². The van der Waals surface area contributed by atoms with Crippen molar-refractivity contribution in [2.75, 3.05) is 4.72 Å². The van der Waals surface area contributed by atoms with Crippen molar-refractivity contribution >= 4 is 43.2 Å². The van der Waals surface area contributed by atoms with Crippen molar-refractivity contribution in [2.24, 2.45) is 0 Å². The first-order valence-corrected chi connectivity index (χ1v) is 8.70. The van der Waals surface area contributed by atoms with Gasteiger partial charge in [-0.3, -0.25) is 4.72 Å². The molecule has 0 amide bonds. The van der Waals surface area contributed by atoms with Crippen LogP contribution in [-0.4, -0.2) is 8.42 Å². The topological polar surface area (TPSA) is 46.2 Å². The van der Waals surface area contributed by atoms with Gasteiger partial charge in [-0.15, -0.1) is 0 Å². The van der Waals surface area contributed by atoms with E-state index in [2.05, 4.69) is 20.7 Å². The zero-order valence-electron chi connectivity index (χ0n) is 10.7. The summed E-state index contributed by atoms with van der Waals surface area (Å²) in [7, 11) is -3.70. The van der Waals surface area contributed by atoms with E-state index in [4.69, 9.17) is 11.6 Å². The average Bonchev–Trinajstić information content (AvgIpc) is 2.39. The largest absolute Gasteiger partial charge is 0.279 e. The second kappa shape index (κ2) is 6.16. The van der Waals surface area contributed by atoms with E-state index in [-0.39, 0.29) is 14.7 Å². The van der Waals surface area contributed by atoms with Gasteiger partial charge >= 0.3 is 0 Å². The minimum atomic E-state index is -3.70. The Labute approximate surface area is 132 Å². The van der Waals surface area contributed by atoms with Crippen molar-refractivity contribution in [2.45, 2.75) is 16.6 Å². The van der Waals surface area contributed by atoms with Gasteiger partial charge in [0.1, 0.15) is 4.90 Å².